The number of nitrogens with one attached hydrogen (secondary N) is 1. The van der Waals surface area contributed by atoms with Gasteiger partial charge in [-0.25, -0.2) is 0 Å². The van der Waals surface area contributed by atoms with Crippen molar-refractivity contribution >= 4 is 34.5 Å². The zero-order chi connectivity index (χ0) is 23.9. The molecule has 0 atom stereocenters. The molecule has 0 amide bonds. The Morgan fingerprint density at radius 1 is 0.941 bits per heavy atom. The number of methoxy groups -OCH3 is 1. The number of Topliss-reactive ketones (excluding diaryl/α,β-unsaturated/α-hetero) is 1. The lowest BCUT2D eigenvalue weighted by Gasteiger charge is -2.09. The van der Waals surface area contributed by atoms with Crippen LogP contribution in [-0.2, 0) is 0 Å². The molecule has 3 N–H and O–H groups in total. The normalized spacial score (nSPS) is 11.5. The maximum absolute atomic E-state index is 13.4. The van der Waals surface area contributed by atoms with E-state index in [-0.39, 0.29) is 17.4 Å². The first kappa shape index (κ1) is 22.4. The standard InChI is InChI=1S/C25H23N7O2/c1-17-22(29-27-19-11-7-4-8-12-19)24(26)32(31-17)25(23(33)18-9-5-3-6-10-18)30-28-20-13-15-21(34-2)16-14-20/h3-16,28H,26H2,1-2H3/b29-27?,30-25+. The molecule has 0 radical (unpaired) electrons. The SMILES string of the molecule is COc1ccc(N/N=C(\C(=O)c2ccccc2)n2nc(C)c(N=Nc3ccccc3)c2N)cc1. The van der Waals surface area contributed by atoms with E-state index >= 15 is 0 Å². The molecule has 4 rings (SSSR count). The highest BCUT2D eigenvalue weighted by molar-refractivity contribution is 6.46. The van der Waals surface area contributed by atoms with E-state index in [4.69, 9.17) is 10.5 Å². The topological polar surface area (TPSA) is 119 Å². The third-order valence-electron chi connectivity index (χ3n) is 4.91. The van der Waals surface area contributed by atoms with Gasteiger partial charge in [-0.15, -0.1) is 5.11 Å². The third kappa shape index (κ3) is 4.99. The molecular weight excluding hydrogens is 430 g/mol. The summed E-state index contributed by atoms with van der Waals surface area (Å²) >= 11 is 0. The number of hydrogen-bond donors (Lipinski definition) is 2. The molecule has 0 aliphatic rings. The number of nitrogens with zero attached hydrogens (tertiary/aromatic N) is 5. The van der Waals surface area contributed by atoms with Gasteiger partial charge in [0, 0.05) is 5.56 Å². The molecule has 0 aliphatic carbocycles. The third-order valence-corrected chi connectivity index (χ3v) is 4.91. The Kier molecular flexibility index (Phi) is 6.73. The summed E-state index contributed by atoms with van der Waals surface area (Å²) in [6.07, 6.45) is 0. The number of rotatable bonds is 7. The Morgan fingerprint density at radius 3 is 2.24 bits per heavy atom. The number of aryl methyl sites for hydroxylation is 1. The van der Waals surface area contributed by atoms with Gasteiger partial charge < -0.3 is 10.5 Å². The average molecular weight is 454 g/mol. The Hall–Kier alpha value is -4.79. The van der Waals surface area contributed by atoms with Gasteiger partial charge in [-0.05, 0) is 43.3 Å². The van der Waals surface area contributed by atoms with Crippen LogP contribution >= 0.6 is 0 Å². The van der Waals surface area contributed by atoms with E-state index in [0.717, 1.165) is 0 Å². The van der Waals surface area contributed by atoms with Crippen molar-refractivity contribution in [2.75, 3.05) is 18.3 Å². The second-order valence-corrected chi connectivity index (χ2v) is 7.24. The van der Waals surface area contributed by atoms with Gasteiger partial charge in [-0.3, -0.25) is 10.2 Å². The van der Waals surface area contributed by atoms with Crippen LogP contribution < -0.4 is 15.9 Å². The summed E-state index contributed by atoms with van der Waals surface area (Å²) in [6.45, 7) is 1.74. The van der Waals surface area contributed by atoms with Gasteiger partial charge in [-0.2, -0.15) is 20.0 Å². The van der Waals surface area contributed by atoms with E-state index in [1.165, 1.54) is 4.68 Å². The second-order valence-electron chi connectivity index (χ2n) is 7.24. The fraction of sp³-hybridized carbons (Fsp3) is 0.0800. The van der Waals surface area contributed by atoms with Crippen LogP contribution in [0.3, 0.4) is 0 Å². The minimum Gasteiger partial charge on any atom is -0.497 e. The van der Waals surface area contributed by atoms with E-state index in [1.54, 1.807) is 62.6 Å². The summed E-state index contributed by atoms with van der Waals surface area (Å²) in [4.78, 5) is 13.4. The Balaban J connectivity index is 1.72. The number of ketones is 1. The number of hydrazone groups is 1. The van der Waals surface area contributed by atoms with Crippen molar-refractivity contribution < 1.29 is 9.53 Å². The molecule has 3 aromatic carbocycles. The van der Waals surface area contributed by atoms with Crippen LogP contribution in [0.2, 0.25) is 0 Å². The lowest BCUT2D eigenvalue weighted by atomic mass is 10.1. The maximum atomic E-state index is 13.4. The number of benzene rings is 3. The van der Waals surface area contributed by atoms with Crippen molar-refractivity contribution in [3.05, 3.63) is 96.2 Å². The fourth-order valence-electron chi connectivity index (χ4n) is 3.12. The predicted octanol–water partition coefficient (Wildman–Crippen LogP) is 5.35. The Bertz CT molecular complexity index is 1330. The zero-order valence-electron chi connectivity index (χ0n) is 18.7. The highest BCUT2D eigenvalue weighted by Gasteiger charge is 2.23. The molecule has 0 spiro atoms. The van der Waals surface area contributed by atoms with Crippen molar-refractivity contribution in [1.29, 1.82) is 0 Å². The molecule has 0 saturated heterocycles. The van der Waals surface area contributed by atoms with Gasteiger partial charge in [0.05, 0.1) is 24.2 Å². The molecule has 4 aromatic rings. The highest BCUT2D eigenvalue weighted by Crippen LogP contribution is 2.29. The van der Waals surface area contributed by atoms with Gasteiger partial charge in [0.1, 0.15) is 5.75 Å². The minimum absolute atomic E-state index is 0.0104. The van der Waals surface area contributed by atoms with Crippen molar-refractivity contribution in [2.45, 2.75) is 6.92 Å². The van der Waals surface area contributed by atoms with Gasteiger partial charge in [0.25, 0.3) is 0 Å². The molecule has 170 valence electrons. The molecule has 1 aromatic heterocycles. The van der Waals surface area contributed by atoms with Gasteiger partial charge >= 0.3 is 0 Å². The first-order chi connectivity index (χ1) is 16.6. The van der Waals surface area contributed by atoms with Gasteiger partial charge in [0.2, 0.25) is 11.6 Å². The number of aromatic nitrogens is 2. The van der Waals surface area contributed by atoms with Crippen LogP contribution in [0.1, 0.15) is 16.1 Å². The van der Waals surface area contributed by atoms with Crippen molar-refractivity contribution in [3.8, 4) is 5.75 Å². The maximum Gasteiger partial charge on any atom is 0.232 e. The average Bonchev–Trinajstić information content (AvgIpc) is 3.17. The van der Waals surface area contributed by atoms with Crippen LogP contribution in [0.4, 0.5) is 22.9 Å². The summed E-state index contributed by atoms with van der Waals surface area (Å²) < 4.78 is 6.46. The van der Waals surface area contributed by atoms with Crippen LogP contribution in [-0.4, -0.2) is 28.5 Å². The number of azo groups is 1. The largest absolute Gasteiger partial charge is 0.497 e. The Morgan fingerprint density at radius 2 is 1.59 bits per heavy atom. The number of nitrogen functional groups attached to an aromatic ring is 1. The van der Waals surface area contributed by atoms with E-state index < -0.39 is 0 Å². The van der Waals surface area contributed by atoms with Crippen LogP contribution in [0.25, 0.3) is 0 Å². The monoisotopic (exact) mass is 453 g/mol. The highest BCUT2D eigenvalue weighted by atomic mass is 16.5. The number of anilines is 2. The molecular formula is C25H23N7O2. The number of nitrogens with two attached hydrogens (primary N) is 1. The smallest absolute Gasteiger partial charge is 0.232 e. The predicted molar refractivity (Wildman–Crippen MR) is 132 cm³/mol. The molecule has 0 bridgehead atoms. The quantitative estimate of drug-likeness (QED) is 0.128. The molecule has 0 unspecified atom stereocenters. The Labute approximate surface area is 196 Å². The summed E-state index contributed by atoms with van der Waals surface area (Å²) in [5, 5.41) is 17.3. The summed E-state index contributed by atoms with van der Waals surface area (Å²) in [5.74, 6) is 0.485. The van der Waals surface area contributed by atoms with E-state index in [0.29, 0.717) is 34.1 Å². The van der Waals surface area contributed by atoms with E-state index in [2.05, 4.69) is 25.9 Å². The number of carbonyl (C=O) groups is 1. The first-order valence-corrected chi connectivity index (χ1v) is 10.5. The number of carbonyl (C=O) groups excluding carboxylic acids is 1. The molecule has 9 heteroatoms. The molecule has 9 nitrogen and oxygen atoms in total. The lowest BCUT2D eigenvalue weighted by molar-refractivity contribution is 0.106. The fourth-order valence-corrected chi connectivity index (χ4v) is 3.12. The van der Waals surface area contributed by atoms with Crippen molar-refractivity contribution in [2.24, 2.45) is 15.3 Å². The van der Waals surface area contributed by atoms with Gasteiger partial charge in [-0.1, -0.05) is 48.5 Å². The second kappa shape index (κ2) is 10.2. The molecule has 0 fully saturated rings. The van der Waals surface area contributed by atoms with Crippen LogP contribution in [0.5, 0.6) is 5.75 Å². The summed E-state index contributed by atoms with van der Waals surface area (Å²) in [6, 6.07) is 25.2. The summed E-state index contributed by atoms with van der Waals surface area (Å²) in [5.41, 5.74) is 11.9. The minimum atomic E-state index is -0.359. The first-order valence-electron chi connectivity index (χ1n) is 10.5. The lowest BCUT2D eigenvalue weighted by Crippen LogP contribution is -2.27. The van der Waals surface area contributed by atoms with Crippen molar-refractivity contribution in [1.82, 2.24) is 9.78 Å². The van der Waals surface area contributed by atoms with E-state index in [1.807, 2.05) is 36.4 Å². The summed E-state index contributed by atoms with van der Waals surface area (Å²) in [7, 11) is 1.59. The molecule has 0 aliphatic heterocycles. The van der Waals surface area contributed by atoms with Crippen molar-refractivity contribution in [3.63, 3.8) is 0 Å². The molecule has 34 heavy (non-hydrogen) atoms. The zero-order valence-corrected chi connectivity index (χ0v) is 18.7. The van der Waals surface area contributed by atoms with Crippen LogP contribution in [0.15, 0.2) is 100 Å². The number of ether oxygens (including phenoxy) is 1. The molecule has 1 heterocycles. The van der Waals surface area contributed by atoms with Crippen LogP contribution in [0, 0.1) is 6.92 Å². The molecule has 0 saturated carbocycles. The van der Waals surface area contributed by atoms with Gasteiger partial charge in [0.15, 0.2) is 11.5 Å². The van der Waals surface area contributed by atoms with E-state index in [9.17, 15) is 4.79 Å². The number of hydrogen-bond acceptors (Lipinski definition) is 8.